The molecule has 0 radical (unpaired) electrons. The van der Waals surface area contributed by atoms with Crippen LogP contribution in [0, 0.1) is 12.3 Å². The van der Waals surface area contributed by atoms with Crippen LogP contribution in [-0.2, 0) is 4.79 Å². The van der Waals surface area contributed by atoms with Crippen molar-refractivity contribution in [1.29, 1.82) is 0 Å². The Morgan fingerprint density at radius 2 is 2.06 bits per heavy atom. The maximum absolute atomic E-state index is 12.0. The molecule has 0 aliphatic heterocycles. The van der Waals surface area contributed by atoms with Crippen molar-refractivity contribution in [2.24, 2.45) is 5.41 Å². The lowest BCUT2D eigenvalue weighted by Crippen LogP contribution is -2.25. The molecule has 0 unspecified atom stereocenters. The zero-order chi connectivity index (χ0) is 13.3. The van der Waals surface area contributed by atoms with E-state index in [1.807, 2.05) is 31.2 Å². The van der Waals surface area contributed by atoms with Gasteiger partial charge in [-0.25, -0.2) is 0 Å². The molecule has 0 fully saturated rings. The van der Waals surface area contributed by atoms with Crippen LogP contribution >= 0.6 is 11.6 Å². The Morgan fingerprint density at radius 1 is 1.33 bits per heavy atom. The van der Waals surface area contributed by atoms with Crippen molar-refractivity contribution in [3.05, 3.63) is 40.6 Å². The van der Waals surface area contributed by atoms with Crippen LogP contribution < -0.4 is 5.32 Å². The normalized spacial score (nSPS) is 18.4. The fourth-order valence-corrected chi connectivity index (χ4v) is 2.26. The highest BCUT2D eigenvalue weighted by molar-refractivity contribution is 6.33. The van der Waals surface area contributed by atoms with E-state index in [9.17, 15) is 4.79 Å². The summed E-state index contributed by atoms with van der Waals surface area (Å²) in [5.74, 6) is 0.156. The first-order valence-corrected chi connectivity index (χ1v) is 6.52. The SMILES string of the molecule is Cc1ccc(Cl)c(NC2=CCC(C)(C)CC2=O)c1. The minimum Gasteiger partial charge on any atom is -0.352 e. The van der Waals surface area contributed by atoms with Gasteiger partial charge in [-0.05, 0) is 36.5 Å². The van der Waals surface area contributed by atoms with Crippen LogP contribution in [0.1, 0.15) is 32.3 Å². The summed E-state index contributed by atoms with van der Waals surface area (Å²) >= 11 is 6.12. The van der Waals surface area contributed by atoms with E-state index in [1.165, 1.54) is 0 Å². The molecule has 18 heavy (non-hydrogen) atoms. The third-order valence-corrected chi connectivity index (χ3v) is 3.52. The number of nitrogens with one attached hydrogen (secondary N) is 1. The molecule has 0 spiro atoms. The van der Waals surface area contributed by atoms with Crippen LogP contribution in [0.2, 0.25) is 5.02 Å². The minimum absolute atomic E-state index is 0.0681. The van der Waals surface area contributed by atoms with Crippen LogP contribution in [0.5, 0.6) is 0 Å². The van der Waals surface area contributed by atoms with Crippen molar-refractivity contribution < 1.29 is 4.79 Å². The number of allylic oxidation sites excluding steroid dienone is 2. The van der Waals surface area contributed by atoms with Gasteiger partial charge in [-0.15, -0.1) is 0 Å². The maximum Gasteiger partial charge on any atom is 0.179 e. The molecule has 1 aromatic carbocycles. The quantitative estimate of drug-likeness (QED) is 0.860. The minimum atomic E-state index is 0.0681. The largest absolute Gasteiger partial charge is 0.352 e. The molecular formula is C15H18ClNO. The van der Waals surface area contributed by atoms with Gasteiger partial charge in [-0.3, -0.25) is 4.79 Å². The summed E-state index contributed by atoms with van der Waals surface area (Å²) in [6.45, 7) is 6.22. The number of aryl methyl sites for hydroxylation is 1. The molecule has 0 heterocycles. The summed E-state index contributed by atoms with van der Waals surface area (Å²) in [5, 5.41) is 3.80. The molecule has 1 N–H and O–H groups in total. The van der Waals surface area contributed by atoms with Crippen LogP contribution in [0.4, 0.5) is 5.69 Å². The summed E-state index contributed by atoms with van der Waals surface area (Å²) in [4.78, 5) is 12.0. The van der Waals surface area contributed by atoms with E-state index < -0.39 is 0 Å². The molecule has 0 amide bonds. The van der Waals surface area contributed by atoms with E-state index >= 15 is 0 Å². The van der Waals surface area contributed by atoms with Crippen LogP contribution in [-0.4, -0.2) is 5.78 Å². The molecule has 2 rings (SSSR count). The lowest BCUT2D eigenvalue weighted by molar-refractivity contribution is -0.117. The van der Waals surface area contributed by atoms with Crippen molar-refractivity contribution in [2.45, 2.75) is 33.6 Å². The molecule has 2 nitrogen and oxygen atoms in total. The Balaban J connectivity index is 2.22. The Kier molecular flexibility index (Phi) is 3.49. The topological polar surface area (TPSA) is 29.1 Å². The Bertz CT molecular complexity index is 517. The maximum atomic E-state index is 12.0. The molecule has 0 aromatic heterocycles. The van der Waals surface area contributed by atoms with E-state index in [1.54, 1.807) is 0 Å². The van der Waals surface area contributed by atoms with Crippen LogP contribution in [0.25, 0.3) is 0 Å². The molecular weight excluding hydrogens is 246 g/mol. The first-order valence-electron chi connectivity index (χ1n) is 6.14. The molecule has 96 valence electrons. The van der Waals surface area contributed by atoms with Crippen LogP contribution in [0.15, 0.2) is 30.0 Å². The number of carbonyl (C=O) groups excluding carboxylic acids is 1. The van der Waals surface area contributed by atoms with Gasteiger partial charge in [-0.2, -0.15) is 0 Å². The van der Waals surface area contributed by atoms with Crippen molar-refractivity contribution in [3.8, 4) is 0 Å². The van der Waals surface area contributed by atoms with E-state index in [0.717, 1.165) is 17.7 Å². The average Bonchev–Trinajstić information content (AvgIpc) is 2.26. The molecule has 0 saturated heterocycles. The highest BCUT2D eigenvalue weighted by Gasteiger charge is 2.28. The summed E-state index contributed by atoms with van der Waals surface area (Å²) in [6.07, 6.45) is 3.46. The number of benzene rings is 1. The van der Waals surface area contributed by atoms with Gasteiger partial charge in [0.25, 0.3) is 0 Å². The van der Waals surface area contributed by atoms with E-state index in [2.05, 4.69) is 19.2 Å². The van der Waals surface area contributed by atoms with Gasteiger partial charge in [0.1, 0.15) is 0 Å². The Labute approximate surface area is 113 Å². The number of hydrogen-bond donors (Lipinski definition) is 1. The molecule has 3 heteroatoms. The highest BCUT2D eigenvalue weighted by atomic mass is 35.5. The number of Topliss-reactive ketones (excluding diaryl/α,β-unsaturated/α-hetero) is 1. The number of hydrogen-bond acceptors (Lipinski definition) is 2. The van der Waals surface area contributed by atoms with E-state index in [-0.39, 0.29) is 11.2 Å². The third kappa shape index (κ3) is 2.94. The highest BCUT2D eigenvalue weighted by Crippen LogP contribution is 2.33. The van der Waals surface area contributed by atoms with Gasteiger partial charge in [0.05, 0.1) is 16.4 Å². The summed E-state index contributed by atoms with van der Waals surface area (Å²) < 4.78 is 0. The third-order valence-electron chi connectivity index (χ3n) is 3.19. The average molecular weight is 264 g/mol. The van der Waals surface area contributed by atoms with Gasteiger partial charge in [0.2, 0.25) is 0 Å². The summed E-state index contributed by atoms with van der Waals surface area (Å²) in [7, 11) is 0. The second-order valence-electron chi connectivity index (χ2n) is 5.69. The first-order chi connectivity index (χ1) is 8.37. The first kappa shape index (κ1) is 13.2. The predicted molar refractivity (Wildman–Crippen MR) is 75.9 cm³/mol. The number of ketones is 1. The Morgan fingerprint density at radius 3 is 2.72 bits per heavy atom. The lowest BCUT2D eigenvalue weighted by Gasteiger charge is -2.28. The van der Waals surface area contributed by atoms with Crippen molar-refractivity contribution in [3.63, 3.8) is 0 Å². The second-order valence-corrected chi connectivity index (χ2v) is 6.10. The standard InChI is InChI=1S/C15H18ClNO/c1-10-4-5-11(16)13(8-10)17-12-6-7-15(2,3)9-14(12)18/h4-6,8,17H,7,9H2,1-3H3. The zero-order valence-electron chi connectivity index (χ0n) is 11.0. The van der Waals surface area contributed by atoms with Crippen LogP contribution in [0.3, 0.4) is 0 Å². The fraction of sp³-hybridized carbons (Fsp3) is 0.400. The molecule has 0 bridgehead atoms. The van der Waals surface area contributed by atoms with Gasteiger partial charge in [0.15, 0.2) is 5.78 Å². The van der Waals surface area contributed by atoms with Crippen molar-refractivity contribution in [1.82, 2.24) is 0 Å². The number of rotatable bonds is 2. The van der Waals surface area contributed by atoms with Crippen molar-refractivity contribution in [2.75, 3.05) is 5.32 Å². The lowest BCUT2D eigenvalue weighted by atomic mass is 9.79. The molecule has 0 atom stereocenters. The fourth-order valence-electron chi connectivity index (χ4n) is 2.09. The van der Waals surface area contributed by atoms with Gasteiger partial charge >= 0.3 is 0 Å². The predicted octanol–water partition coefficient (Wildman–Crippen LogP) is 4.33. The molecule has 0 saturated carbocycles. The molecule has 1 aliphatic rings. The second kappa shape index (κ2) is 4.77. The smallest absolute Gasteiger partial charge is 0.179 e. The van der Waals surface area contributed by atoms with Gasteiger partial charge < -0.3 is 5.32 Å². The number of anilines is 1. The zero-order valence-corrected chi connectivity index (χ0v) is 11.8. The monoisotopic (exact) mass is 263 g/mol. The molecule has 1 aliphatic carbocycles. The van der Waals surface area contributed by atoms with E-state index in [0.29, 0.717) is 17.1 Å². The van der Waals surface area contributed by atoms with Crippen molar-refractivity contribution >= 4 is 23.1 Å². The summed E-state index contributed by atoms with van der Waals surface area (Å²) in [6, 6.07) is 5.75. The molecule has 1 aromatic rings. The number of carbonyl (C=O) groups is 1. The number of halogens is 1. The van der Waals surface area contributed by atoms with Gasteiger partial charge in [-0.1, -0.05) is 37.6 Å². The van der Waals surface area contributed by atoms with Gasteiger partial charge in [0, 0.05) is 6.42 Å². The Hall–Kier alpha value is -1.28. The summed E-state index contributed by atoms with van der Waals surface area (Å²) in [5.41, 5.74) is 2.66. The van der Waals surface area contributed by atoms with E-state index in [4.69, 9.17) is 11.6 Å².